The fourth-order valence-electron chi connectivity index (χ4n) is 3.38. The highest BCUT2D eigenvalue weighted by Gasteiger charge is 2.38. The third kappa shape index (κ3) is 2.10. The normalized spacial score (nSPS) is 30.4. The van der Waals surface area contributed by atoms with Crippen molar-refractivity contribution in [1.82, 2.24) is 0 Å². The first kappa shape index (κ1) is 11.9. The van der Waals surface area contributed by atoms with E-state index >= 15 is 0 Å². The van der Waals surface area contributed by atoms with Crippen LogP contribution in [0.1, 0.15) is 47.2 Å². The molecule has 0 aliphatic carbocycles. The Morgan fingerprint density at radius 3 is 2.44 bits per heavy atom. The predicted octanol–water partition coefficient (Wildman–Crippen LogP) is 3.44. The maximum absolute atomic E-state index is 12.6. The van der Waals surface area contributed by atoms with Gasteiger partial charge in [-0.15, -0.1) is 0 Å². The Balaban J connectivity index is 1.82. The van der Waals surface area contributed by atoms with Gasteiger partial charge in [-0.3, -0.25) is 4.79 Å². The van der Waals surface area contributed by atoms with Crippen molar-refractivity contribution in [2.45, 2.75) is 51.7 Å². The molecule has 0 saturated carbocycles. The summed E-state index contributed by atoms with van der Waals surface area (Å²) in [6, 6.07) is 6.12. The largest absolute Gasteiger partial charge is 0.375 e. The number of hydrogen-bond donors (Lipinski definition) is 0. The quantitative estimate of drug-likeness (QED) is 0.745. The lowest BCUT2D eigenvalue weighted by molar-refractivity contribution is -0.0149. The van der Waals surface area contributed by atoms with Crippen LogP contribution in [-0.2, 0) is 4.74 Å². The summed E-state index contributed by atoms with van der Waals surface area (Å²) in [5.41, 5.74) is 3.24. The number of ketones is 1. The molecular formula is C16H20O2. The molecule has 2 heterocycles. The van der Waals surface area contributed by atoms with Crippen LogP contribution in [0.4, 0.5) is 0 Å². The molecule has 2 nitrogen and oxygen atoms in total. The van der Waals surface area contributed by atoms with Crippen LogP contribution in [0.25, 0.3) is 0 Å². The van der Waals surface area contributed by atoms with E-state index in [1.807, 2.05) is 19.1 Å². The van der Waals surface area contributed by atoms with Gasteiger partial charge in [0.05, 0.1) is 12.2 Å². The molecule has 18 heavy (non-hydrogen) atoms. The molecule has 2 bridgehead atoms. The van der Waals surface area contributed by atoms with E-state index in [1.165, 1.54) is 5.56 Å². The van der Waals surface area contributed by atoms with Crippen molar-refractivity contribution in [3.63, 3.8) is 0 Å². The topological polar surface area (TPSA) is 26.3 Å². The molecule has 0 aromatic heterocycles. The zero-order valence-corrected chi connectivity index (χ0v) is 11.1. The number of fused-ring (bicyclic) bond motifs is 2. The van der Waals surface area contributed by atoms with E-state index in [1.54, 1.807) is 0 Å². The lowest BCUT2D eigenvalue weighted by Gasteiger charge is -2.27. The first-order valence-electron chi connectivity index (χ1n) is 6.90. The number of Topliss-reactive ketones (excluding diaryl/α,β-unsaturated/α-hetero) is 1. The highest BCUT2D eigenvalue weighted by atomic mass is 16.5. The van der Waals surface area contributed by atoms with Gasteiger partial charge in [0.25, 0.3) is 0 Å². The van der Waals surface area contributed by atoms with Crippen LogP contribution in [0.3, 0.4) is 0 Å². The third-order valence-electron chi connectivity index (χ3n) is 4.31. The lowest BCUT2D eigenvalue weighted by Crippen LogP contribution is -2.30. The SMILES string of the molecule is Cc1ccc(C(=O)C2CC3CCC(C2)O3)c(C)c1. The molecule has 2 aliphatic rings. The van der Waals surface area contributed by atoms with Gasteiger partial charge in [0.2, 0.25) is 0 Å². The van der Waals surface area contributed by atoms with Crippen LogP contribution in [0.5, 0.6) is 0 Å². The molecule has 2 heteroatoms. The van der Waals surface area contributed by atoms with Gasteiger partial charge in [-0.1, -0.05) is 23.8 Å². The average Bonchev–Trinajstić information content (AvgIpc) is 2.67. The molecule has 2 saturated heterocycles. The molecule has 0 spiro atoms. The molecule has 2 unspecified atom stereocenters. The Morgan fingerprint density at radius 1 is 1.17 bits per heavy atom. The van der Waals surface area contributed by atoms with E-state index in [0.29, 0.717) is 18.0 Å². The monoisotopic (exact) mass is 244 g/mol. The minimum absolute atomic E-state index is 0.178. The summed E-state index contributed by atoms with van der Waals surface area (Å²) in [6.45, 7) is 4.10. The second kappa shape index (κ2) is 4.51. The summed E-state index contributed by atoms with van der Waals surface area (Å²) >= 11 is 0. The average molecular weight is 244 g/mol. The number of ether oxygens (including phenoxy) is 1. The van der Waals surface area contributed by atoms with Gasteiger partial charge in [-0.2, -0.15) is 0 Å². The van der Waals surface area contributed by atoms with Crippen LogP contribution in [-0.4, -0.2) is 18.0 Å². The highest BCUT2D eigenvalue weighted by Crippen LogP contribution is 2.37. The maximum Gasteiger partial charge on any atom is 0.166 e. The maximum atomic E-state index is 12.6. The zero-order valence-electron chi connectivity index (χ0n) is 11.1. The summed E-state index contributed by atoms with van der Waals surface area (Å²) in [5.74, 6) is 0.505. The van der Waals surface area contributed by atoms with E-state index in [4.69, 9.17) is 4.74 Å². The van der Waals surface area contributed by atoms with E-state index in [2.05, 4.69) is 13.0 Å². The van der Waals surface area contributed by atoms with E-state index in [9.17, 15) is 4.79 Å². The van der Waals surface area contributed by atoms with E-state index in [-0.39, 0.29) is 5.92 Å². The van der Waals surface area contributed by atoms with Crippen molar-refractivity contribution >= 4 is 5.78 Å². The smallest absolute Gasteiger partial charge is 0.166 e. The van der Waals surface area contributed by atoms with Gasteiger partial charge in [0.1, 0.15) is 0 Å². The van der Waals surface area contributed by atoms with E-state index in [0.717, 1.165) is 36.8 Å². The van der Waals surface area contributed by atoms with Crippen molar-refractivity contribution in [3.05, 3.63) is 34.9 Å². The Kier molecular flexibility index (Phi) is 2.98. The van der Waals surface area contributed by atoms with Gasteiger partial charge in [0.15, 0.2) is 5.78 Å². The number of carbonyl (C=O) groups is 1. The molecule has 2 atom stereocenters. The standard InChI is InChI=1S/C16H20O2/c1-10-3-6-15(11(2)7-10)16(17)12-8-13-4-5-14(9-12)18-13/h3,6-7,12-14H,4-5,8-9H2,1-2H3. The predicted molar refractivity (Wildman–Crippen MR) is 70.9 cm³/mol. The summed E-state index contributed by atoms with van der Waals surface area (Å²) < 4.78 is 5.81. The summed E-state index contributed by atoms with van der Waals surface area (Å²) in [4.78, 5) is 12.6. The molecular weight excluding hydrogens is 224 g/mol. The Labute approximate surface area is 108 Å². The van der Waals surface area contributed by atoms with Crippen LogP contribution in [0.15, 0.2) is 18.2 Å². The summed E-state index contributed by atoms with van der Waals surface area (Å²) in [7, 11) is 0. The molecule has 1 aromatic rings. The number of carbonyl (C=O) groups excluding carboxylic acids is 1. The van der Waals surface area contributed by atoms with Crippen LogP contribution in [0, 0.1) is 19.8 Å². The zero-order chi connectivity index (χ0) is 12.7. The van der Waals surface area contributed by atoms with Gasteiger partial charge in [-0.25, -0.2) is 0 Å². The first-order chi connectivity index (χ1) is 8.63. The summed E-state index contributed by atoms with van der Waals surface area (Å²) in [5, 5.41) is 0. The molecule has 0 amide bonds. The Bertz CT molecular complexity index is 466. The van der Waals surface area contributed by atoms with Crippen molar-refractivity contribution in [2.24, 2.45) is 5.92 Å². The van der Waals surface area contributed by atoms with Crippen molar-refractivity contribution in [3.8, 4) is 0 Å². The van der Waals surface area contributed by atoms with Crippen molar-refractivity contribution < 1.29 is 9.53 Å². The second-order valence-electron chi connectivity index (χ2n) is 5.81. The third-order valence-corrected chi connectivity index (χ3v) is 4.31. The first-order valence-corrected chi connectivity index (χ1v) is 6.90. The van der Waals surface area contributed by atoms with Gasteiger partial charge in [0, 0.05) is 11.5 Å². The summed E-state index contributed by atoms with van der Waals surface area (Å²) in [6.07, 6.45) is 4.79. The van der Waals surface area contributed by atoms with Gasteiger partial charge in [-0.05, 0) is 45.1 Å². The Morgan fingerprint density at radius 2 is 1.83 bits per heavy atom. The fourth-order valence-corrected chi connectivity index (χ4v) is 3.38. The van der Waals surface area contributed by atoms with Crippen LogP contribution in [0.2, 0.25) is 0 Å². The minimum Gasteiger partial charge on any atom is -0.375 e. The van der Waals surface area contributed by atoms with Crippen molar-refractivity contribution in [1.29, 1.82) is 0 Å². The Hall–Kier alpha value is -1.15. The number of aryl methyl sites for hydroxylation is 2. The molecule has 2 fully saturated rings. The minimum atomic E-state index is 0.178. The lowest BCUT2D eigenvalue weighted by atomic mass is 9.86. The van der Waals surface area contributed by atoms with Gasteiger partial charge < -0.3 is 4.74 Å². The van der Waals surface area contributed by atoms with Crippen LogP contribution < -0.4 is 0 Å². The van der Waals surface area contributed by atoms with Gasteiger partial charge >= 0.3 is 0 Å². The molecule has 3 rings (SSSR count). The highest BCUT2D eigenvalue weighted by molar-refractivity contribution is 5.99. The molecule has 1 aromatic carbocycles. The molecule has 0 N–H and O–H groups in total. The molecule has 2 aliphatic heterocycles. The fraction of sp³-hybridized carbons (Fsp3) is 0.562. The molecule has 96 valence electrons. The van der Waals surface area contributed by atoms with E-state index < -0.39 is 0 Å². The molecule has 0 radical (unpaired) electrons. The number of rotatable bonds is 2. The van der Waals surface area contributed by atoms with Crippen molar-refractivity contribution in [2.75, 3.05) is 0 Å². The van der Waals surface area contributed by atoms with Crippen LogP contribution >= 0.6 is 0 Å². The second-order valence-corrected chi connectivity index (χ2v) is 5.81. The number of benzene rings is 1. The number of hydrogen-bond acceptors (Lipinski definition) is 2.